The van der Waals surface area contributed by atoms with E-state index in [1.54, 1.807) is 13.4 Å². The molecule has 0 fully saturated rings. The molecule has 0 amide bonds. The second-order valence-corrected chi connectivity index (χ2v) is 5.33. The molecule has 6 nitrogen and oxygen atoms in total. The molecule has 1 aromatic heterocycles. The fraction of sp³-hybridized carbons (Fsp3) is 0.692. The fourth-order valence-corrected chi connectivity index (χ4v) is 2.07. The molecule has 0 aliphatic carbocycles. The lowest BCUT2D eigenvalue weighted by atomic mass is 10.4. The largest absolute Gasteiger partial charge is 0.383 e. The van der Waals surface area contributed by atoms with Gasteiger partial charge in [-0.05, 0) is 29.4 Å². The van der Waals surface area contributed by atoms with Gasteiger partial charge in [0.1, 0.15) is 22.4 Å². The Morgan fingerprint density at radius 2 is 1.85 bits per heavy atom. The molecule has 1 aromatic rings. The van der Waals surface area contributed by atoms with Gasteiger partial charge in [0.2, 0.25) is 0 Å². The van der Waals surface area contributed by atoms with Crippen LogP contribution in [0, 0.1) is 0 Å². The van der Waals surface area contributed by atoms with Crippen LogP contribution < -0.4 is 10.6 Å². The predicted octanol–water partition coefficient (Wildman–Crippen LogP) is 2.05. The Bertz CT molecular complexity index is 391. The van der Waals surface area contributed by atoms with E-state index in [1.165, 1.54) is 0 Å². The molecule has 0 radical (unpaired) electrons. The average Bonchev–Trinajstić information content (AvgIpc) is 2.45. The molecule has 114 valence electrons. The Labute approximate surface area is 129 Å². The van der Waals surface area contributed by atoms with Crippen molar-refractivity contribution in [2.24, 2.45) is 0 Å². The quantitative estimate of drug-likeness (QED) is 0.676. The van der Waals surface area contributed by atoms with Crippen LogP contribution in [0.15, 0.2) is 10.8 Å². The monoisotopic (exact) mass is 345 g/mol. The summed E-state index contributed by atoms with van der Waals surface area (Å²) in [6.45, 7) is 6.44. The first-order valence-electron chi connectivity index (χ1n) is 6.84. The molecule has 0 aliphatic heterocycles. The van der Waals surface area contributed by atoms with Crippen LogP contribution >= 0.6 is 15.9 Å². The fourth-order valence-electron chi connectivity index (χ4n) is 1.58. The molecule has 0 spiro atoms. The molecule has 1 rings (SSSR count). The van der Waals surface area contributed by atoms with Gasteiger partial charge in [0.05, 0.1) is 6.61 Å². The topological polar surface area (TPSA) is 62.3 Å². The summed E-state index contributed by atoms with van der Waals surface area (Å²) in [6.07, 6.45) is 2.63. The zero-order valence-electron chi connectivity index (χ0n) is 12.4. The van der Waals surface area contributed by atoms with Gasteiger partial charge >= 0.3 is 0 Å². The lowest BCUT2D eigenvalue weighted by Gasteiger charge is -2.17. The number of ether oxygens (including phenoxy) is 1. The third-order valence-electron chi connectivity index (χ3n) is 2.80. The van der Waals surface area contributed by atoms with E-state index < -0.39 is 0 Å². The van der Waals surface area contributed by atoms with E-state index in [0.717, 1.165) is 55.3 Å². The first kappa shape index (κ1) is 17.1. The number of hydrogen-bond donors (Lipinski definition) is 2. The van der Waals surface area contributed by atoms with E-state index in [-0.39, 0.29) is 0 Å². The van der Waals surface area contributed by atoms with Gasteiger partial charge in [0, 0.05) is 33.3 Å². The predicted molar refractivity (Wildman–Crippen MR) is 86.4 cm³/mol. The van der Waals surface area contributed by atoms with Crippen molar-refractivity contribution in [3.05, 3.63) is 10.8 Å². The molecule has 0 aliphatic rings. The maximum atomic E-state index is 5.05. The third kappa shape index (κ3) is 6.02. The van der Waals surface area contributed by atoms with Crippen molar-refractivity contribution >= 4 is 27.6 Å². The van der Waals surface area contributed by atoms with Crippen molar-refractivity contribution in [1.29, 1.82) is 0 Å². The van der Waals surface area contributed by atoms with E-state index in [1.807, 2.05) is 0 Å². The van der Waals surface area contributed by atoms with E-state index in [4.69, 9.17) is 4.74 Å². The van der Waals surface area contributed by atoms with Crippen molar-refractivity contribution in [1.82, 2.24) is 14.9 Å². The maximum Gasteiger partial charge on any atom is 0.145 e. The summed E-state index contributed by atoms with van der Waals surface area (Å²) in [5, 5.41) is 6.58. The zero-order chi connectivity index (χ0) is 14.8. The summed E-state index contributed by atoms with van der Waals surface area (Å²) in [5.41, 5.74) is 0. The lowest BCUT2D eigenvalue weighted by Crippen LogP contribution is -2.28. The number of nitrogens with zero attached hydrogens (tertiary/aromatic N) is 3. The van der Waals surface area contributed by atoms with Crippen LogP contribution in [0.1, 0.15) is 13.3 Å². The molecule has 20 heavy (non-hydrogen) atoms. The molecule has 0 aromatic carbocycles. The summed E-state index contributed by atoms with van der Waals surface area (Å²) >= 11 is 3.54. The highest BCUT2D eigenvalue weighted by Gasteiger charge is 2.07. The molecular formula is C13H24BrN5O. The smallest absolute Gasteiger partial charge is 0.145 e. The molecule has 0 bridgehead atoms. The molecule has 0 unspecified atom stereocenters. The van der Waals surface area contributed by atoms with Gasteiger partial charge in [-0.3, -0.25) is 0 Å². The van der Waals surface area contributed by atoms with Crippen LogP contribution in [0.5, 0.6) is 0 Å². The van der Waals surface area contributed by atoms with Gasteiger partial charge in [-0.1, -0.05) is 6.92 Å². The van der Waals surface area contributed by atoms with Crippen molar-refractivity contribution in [3.8, 4) is 0 Å². The van der Waals surface area contributed by atoms with Gasteiger partial charge in [0.25, 0.3) is 0 Å². The number of rotatable bonds is 10. The van der Waals surface area contributed by atoms with Crippen molar-refractivity contribution in [3.63, 3.8) is 0 Å². The van der Waals surface area contributed by atoms with E-state index in [0.29, 0.717) is 0 Å². The van der Waals surface area contributed by atoms with Gasteiger partial charge in [0.15, 0.2) is 0 Å². The highest BCUT2D eigenvalue weighted by molar-refractivity contribution is 9.10. The maximum absolute atomic E-state index is 5.05. The first-order chi connectivity index (χ1) is 9.69. The molecular weight excluding hydrogens is 322 g/mol. The number of methoxy groups -OCH3 is 1. The van der Waals surface area contributed by atoms with Crippen LogP contribution in [-0.2, 0) is 4.74 Å². The minimum Gasteiger partial charge on any atom is -0.383 e. The normalized spacial score (nSPS) is 10.8. The molecule has 7 heteroatoms. The van der Waals surface area contributed by atoms with Crippen molar-refractivity contribution < 1.29 is 4.74 Å². The van der Waals surface area contributed by atoms with Gasteiger partial charge in [-0.15, -0.1) is 0 Å². The Morgan fingerprint density at radius 3 is 2.45 bits per heavy atom. The second kappa shape index (κ2) is 9.90. The van der Waals surface area contributed by atoms with Crippen molar-refractivity contribution in [2.45, 2.75) is 13.3 Å². The van der Waals surface area contributed by atoms with E-state index >= 15 is 0 Å². The Morgan fingerprint density at radius 1 is 1.20 bits per heavy atom. The van der Waals surface area contributed by atoms with Crippen LogP contribution in [0.2, 0.25) is 0 Å². The standard InChI is InChI=1S/C13H24BrN5O/c1-4-5-15-12-11(14)13(18-10-17-12)16-6-7-19(2)8-9-20-3/h10H,4-9H2,1-3H3,(H2,15,16,17,18). The van der Waals surface area contributed by atoms with Crippen LogP contribution in [0.4, 0.5) is 11.6 Å². The molecule has 0 atom stereocenters. The van der Waals surface area contributed by atoms with Crippen molar-refractivity contribution in [2.75, 3.05) is 57.6 Å². The summed E-state index contributed by atoms with van der Waals surface area (Å²) in [7, 11) is 3.79. The second-order valence-electron chi connectivity index (χ2n) is 4.53. The van der Waals surface area contributed by atoms with Gasteiger partial charge in [-0.2, -0.15) is 0 Å². The molecule has 0 saturated carbocycles. The molecule has 2 N–H and O–H groups in total. The summed E-state index contributed by atoms with van der Waals surface area (Å²) in [5.74, 6) is 1.65. The number of aromatic nitrogens is 2. The van der Waals surface area contributed by atoms with Crippen LogP contribution in [-0.4, -0.2) is 61.8 Å². The minimum atomic E-state index is 0.749. The van der Waals surface area contributed by atoms with Gasteiger partial charge in [-0.25, -0.2) is 9.97 Å². The van der Waals surface area contributed by atoms with Gasteiger partial charge < -0.3 is 20.3 Å². The number of likely N-dealkylation sites (N-methyl/N-ethyl adjacent to an activating group) is 1. The first-order valence-corrected chi connectivity index (χ1v) is 7.64. The number of nitrogens with one attached hydrogen (secondary N) is 2. The van der Waals surface area contributed by atoms with Crippen LogP contribution in [0.25, 0.3) is 0 Å². The number of hydrogen-bond acceptors (Lipinski definition) is 6. The SMILES string of the molecule is CCCNc1ncnc(NCCN(C)CCOC)c1Br. The summed E-state index contributed by atoms with van der Waals surface area (Å²) in [4.78, 5) is 10.7. The number of anilines is 2. The van der Waals surface area contributed by atoms with E-state index in [9.17, 15) is 0 Å². The lowest BCUT2D eigenvalue weighted by molar-refractivity contribution is 0.163. The highest BCUT2D eigenvalue weighted by Crippen LogP contribution is 2.26. The van der Waals surface area contributed by atoms with E-state index in [2.05, 4.69) is 55.4 Å². The highest BCUT2D eigenvalue weighted by atomic mass is 79.9. The minimum absolute atomic E-state index is 0.749. The average molecular weight is 346 g/mol. The molecule has 0 saturated heterocycles. The third-order valence-corrected chi connectivity index (χ3v) is 3.55. The Hall–Kier alpha value is -0.920. The van der Waals surface area contributed by atoms with Crippen LogP contribution in [0.3, 0.4) is 0 Å². The summed E-state index contributed by atoms with van der Waals surface area (Å²) < 4.78 is 5.93. The summed E-state index contributed by atoms with van der Waals surface area (Å²) in [6, 6.07) is 0. The Kier molecular flexibility index (Phi) is 8.48. The number of halogens is 1. The zero-order valence-corrected chi connectivity index (χ0v) is 14.0. The molecule has 1 heterocycles. The Balaban J connectivity index is 2.43.